The molecule has 0 spiro atoms. The zero-order chi connectivity index (χ0) is 16.3. The molecule has 0 saturated carbocycles. The van der Waals surface area contributed by atoms with Crippen LogP contribution in [0, 0.1) is 6.92 Å². The Morgan fingerprint density at radius 3 is 2.86 bits per heavy atom. The maximum Gasteiger partial charge on any atom is 0.258 e. The van der Waals surface area contributed by atoms with Gasteiger partial charge in [0, 0.05) is 19.0 Å². The van der Waals surface area contributed by atoms with Crippen molar-refractivity contribution in [2.45, 2.75) is 39.3 Å². The third kappa shape index (κ3) is 3.10. The normalized spacial score (nSPS) is 14.5. The maximum absolute atomic E-state index is 12.6. The molecule has 1 unspecified atom stereocenters. The van der Waals surface area contributed by atoms with Crippen molar-refractivity contribution in [1.82, 2.24) is 10.2 Å². The summed E-state index contributed by atoms with van der Waals surface area (Å²) in [6.07, 6.45) is 1.08. The standard InChI is InChI=1S/C16H20N2O4/c1-10-6-12-8-18(11(2)4-5-14(20)17-9-19)16(21)15(12)13(7-10)22-3/h6-7,9,11H,4-5,8H2,1-3H3,(H,17,19,20). The average molecular weight is 304 g/mol. The summed E-state index contributed by atoms with van der Waals surface area (Å²) in [6, 6.07) is 3.74. The average Bonchev–Trinajstić information content (AvgIpc) is 2.81. The SMILES string of the molecule is COc1cc(C)cc2c1C(=O)N(C(C)CCC(=O)NC=O)C2. The molecule has 0 radical (unpaired) electrons. The smallest absolute Gasteiger partial charge is 0.258 e. The Kier molecular flexibility index (Phi) is 4.80. The molecule has 1 atom stereocenters. The van der Waals surface area contributed by atoms with Crippen LogP contribution in [0.1, 0.15) is 41.3 Å². The van der Waals surface area contributed by atoms with Gasteiger partial charge in [0.25, 0.3) is 5.91 Å². The lowest BCUT2D eigenvalue weighted by Crippen LogP contribution is -2.34. The molecule has 2 rings (SSSR count). The minimum absolute atomic E-state index is 0.0739. The Hall–Kier alpha value is -2.37. The van der Waals surface area contributed by atoms with Crippen LogP contribution in [-0.2, 0) is 16.1 Å². The first kappa shape index (κ1) is 16.0. The van der Waals surface area contributed by atoms with E-state index in [4.69, 9.17) is 4.74 Å². The summed E-state index contributed by atoms with van der Waals surface area (Å²) >= 11 is 0. The van der Waals surface area contributed by atoms with Crippen molar-refractivity contribution in [3.63, 3.8) is 0 Å². The summed E-state index contributed by atoms with van der Waals surface area (Å²) in [5.74, 6) is 0.183. The van der Waals surface area contributed by atoms with Gasteiger partial charge in [-0.1, -0.05) is 6.07 Å². The lowest BCUT2D eigenvalue weighted by molar-refractivity contribution is -0.125. The van der Waals surface area contributed by atoms with Crippen LogP contribution in [-0.4, -0.2) is 36.3 Å². The fourth-order valence-corrected chi connectivity index (χ4v) is 2.74. The Balaban J connectivity index is 2.11. The molecule has 0 aromatic heterocycles. The van der Waals surface area contributed by atoms with Crippen molar-refractivity contribution in [2.75, 3.05) is 7.11 Å². The number of methoxy groups -OCH3 is 1. The molecular formula is C16H20N2O4. The number of aryl methyl sites for hydroxylation is 1. The van der Waals surface area contributed by atoms with Crippen molar-refractivity contribution < 1.29 is 19.1 Å². The summed E-state index contributed by atoms with van der Waals surface area (Å²) in [7, 11) is 1.55. The van der Waals surface area contributed by atoms with Gasteiger partial charge in [-0.25, -0.2) is 0 Å². The fraction of sp³-hybridized carbons (Fsp3) is 0.438. The first-order valence-electron chi connectivity index (χ1n) is 7.19. The van der Waals surface area contributed by atoms with E-state index in [1.54, 1.807) is 12.0 Å². The van der Waals surface area contributed by atoms with E-state index >= 15 is 0 Å². The van der Waals surface area contributed by atoms with Crippen LogP contribution in [0.15, 0.2) is 12.1 Å². The quantitative estimate of drug-likeness (QED) is 0.806. The van der Waals surface area contributed by atoms with Gasteiger partial charge in [0.1, 0.15) is 5.75 Å². The summed E-state index contributed by atoms with van der Waals surface area (Å²) < 4.78 is 5.32. The Morgan fingerprint density at radius 2 is 2.23 bits per heavy atom. The first-order chi connectivity index (χ1) is 10.5. The summed E-state index contributed by atoms with van der Waals surface area (Å²) in [5, 5.41) is 2.10. The van der Waals surface area contributed by atoms with E-state index in [1.807, 2.05) is 26.0 Å². The minimum atomic E-state index is -0.334. The van der Waals surface area contributed by atoms with Crippen molar-refractivity contribution in [2.24, 2.45) is 0 Å². The van der Waals surface area contributed by atoms with E-state index in [-0.39, 0.29) is 24.3 Å². The van der Waals surface area contributed by atoms with Crippen LogP contribution in [0.4, 0.5) is 0 Å². The monoisotopic (exact) mass is 304 g/mol. The third-order valence-electron chi connectivity index (χ3n) is 3.90. The largest absolute Gasteiger partial charge is 0.496 e. The molecule has 0 bridgehead atoms. The van der Waals surface area contributed by atoms with Crippen LogP contribution in [0.25, 0.3) is 0 Å². The van der Waals surface area contributed by atoms with Gasteiger partial charge in [0.2, 0.25) is 12.3 Å². The number of imide groups is 1. The number of carbonyl (C=O) groups excluding carboxylic acids is 3. The van der Waals surface area contributed by atoms with Crippen LogP contribution >= 0.6 is 0 Å². The van der Waals surface area contributed by atoms with Crippen LogP contribution in [0.3, 0.4) is 0 Å². The lowest BCUT2D eigenvalue weighted by atomic mass is 10.1. The number of amides is 3. The maximum atomic E-state index is 12.6. The highest BCUT2D eigenvalue weighted by Crippen LogP contribution is 2.33. The van der Waals surface area contributed by atoms with E-state index in [1.165, 1.54) is 0 Å². The van der Waals surface area contributed by atoms with E-state index in [0.717, 1.165) is 11.1 Å². The molecule has 0 fully saturated rings. The minimum Gasteiger partial charge on any atom is -0.496 e. The van der Waals surface area contributed by atoms with Crippen molar-refractivity contribution >= 4 is 18.2 Å². The van der Waals surface area contributed by atoms with Gasteiger partial charge in [-0.3, -0.25) is 19.7 Å². The second-order valence-electron chi connectivity index (χ2n) is 5.51. The molecule has 6 nitrogen and oxygen atoms in total. The van der Waals surface area contributed by atoms with Gasteiger partial charge >= 0.3 is 0 Å². The molecule has 1 aliphatic heterocycles. The molecule has 22 heavy (non-hydrogen) atoms. The Bertz CT molecular complexity index is 612. The molecule has 1 N–H and O–H groups in total. The van der Waals surface area contributed by atoms with Gasteiger partial charge in [-0.15, -0.1) is 0 Å². The van der Waals surface area contributed by atoms with Crippen molar-refractivity contribution in [3.8, 4) is 5.75 Å². The van der Waals surface area contributed by atoms with Crippen LogP contribution in [0.2, 0.25) is 0 Å². The Labute approximate surface area is 129 Å². The number of rotatable bonds is 6. The number of nitrogens with one attached hydrogen (secondary N) is 1. The van der Waals surface area contributed by atoms with Crippen molar-refractivity contribution in [3.05, 3.63) is 28.8 Å². The van der Waals surface area contributed by atoms with E-state index in [2.05, 4.69) is 5.32 Å². The first-order valence-corrected chi connectivity index (χ1v) is 7.19. The molecule has 118 valence electrons. The van der Waals surface area contributed by atoms with Gasteiger partial charge in [-0.2, -0.15) is 0 Å². The predicted octanol–water partition coefficient (Wildman–Crippen LogP) is 1.40. The highest BCUT2D eigenvalue weighted by atomic mass is 16.5. The molecule has 0 aliphatic carbocycles. The second kappa shape index (κ2) is 6.60. The molecule has 1 aromatic carbocycles. The van der Waals surface area contributed by atoms with E-state index < -0.39 is 0 Å². The van der Waals surface area contributed by atoms with Gasteiger partial charge in [0.05, 0.1) is 12.7 Å². The molecule has 1 aromatic rings. The Morgan fingerprint density at radius 1 is 1.50 bits per heavy atom. The highest BCUT2D eigenvalue weighted by molar-refractivity contribution is 6.01. The predicted molar refractivity (Wildman–Crippen MR) is 80.5 cm³/mol. The van der Waals surface area contributed by atoms with Gasteiger partial charge < -0.3 is 9.64 Å². The zero-order valence-corrected chi connectivity index (χ0v) is 13.0. The number of benzene rings is 1. The molecule has 1 heterocycles. The number of carbonyl (C=O) groups is 3. The molecule has 6 heteroatoms. The van der Waals surface area contributed by atoms with Crippen LogP contribution in [0.5, 0.6) is 5.75 Å². The van der Waals surface area contributed by atoms with Crippen molar-refractivity contribution in [1.29, 1.82) is 0 Å². The summed E-state index contributed by atoms with van der Waals surface area (Å²) in [6.45, 7) is 4.38. The van der Waals surface area contributed by atoms with E-state index in [0.29, 0.717) is 30.7 Å². The number of hydrogen-bond acceptors (Lipinski definition) is 4. The highest BCUT2D eigenvalue weighted by Gasteiger charge is 2.33. The number of fused-ring (bicyclic) bond motifs is 1. The molecule has 0 saturated heterocycles. The second-order valence-corrected chi connectivity index (χ2v) is 5.51. The zero-order valence-electron chi connectivity index (χ0n) is 13.0. The molecular weight excluding hydrogens is 284 g/mol. The number of nitrogens with zero attached hydrogens (tertiary/aromatic N) is 1. The summed E-state index contributed by atoms with van der Waals surface area (Å²) in [5.41, 5.74) is 2.60. The fourth-order valence-electron chi connectivity index (χ4n) is 2.74. The van der Waals surface area contributed by atoms with Crippen LogP contribution < -0.4 is 10.1 Å². The third-order valence-corrected chi connectivity index (χ3v) is 3.90. The lowest BCUT2D eigenvalue weighted by Gasteiger charge is -2.24. The molecule has 3 amide bonds. The van der Waals surface area contributed by atoms with Gasteiger partial charge in [-0.05, 0) is 37.5 Å². The van der Waals surface area contributed by atoms with E-state index in [9.17, 15) is 14.4 Å². The molecule has 1 aliphatic rings. The number of hydrogen-bond donors (Lipinski definition) is 1. The summed E-state index contributed by atoms with van der Waals surface area (Å²) in [4.78, 5) is 35.9. The number of ether oxygens (including phenoxy) is 1. The van der Waals surface area contributed by atoms with Gasteiger partial charge in [0.15, 0.2) is 0 Å². The topological polar surface area (TPSA) is 75.7 Å².